The lowest BCUT2D eigenvalue weighted by Crippen LogP contribution is -2.34. The molecule has 2 aliphatic rings. The van der Waals surface area contributed by atoms with Gasteiger partial charge in [0.2, 0.25) is 15.9 Å². The number of benzene rings is 2. The lowest BCUT2D eigenvalue weighted by Gasteiger charge is -2.28. The SMILES string of the molecule is CS(=O)(=O)Nc1ccc(C2=NN(C(=O)C3CCCCC3)C(c3ccccc3F)C2)cc1. The number of halogens is 1. The first kappa shape index (κ1) is 21.5. The van der Waals surface area contributed by atoms with E-state index in [1.807, 2.05) is 0 Å². The first-order valence-corrected chi connectivity index (χ1v) is 12.4. The van der Waals surface area contributed by atoms with Gasteiger partial charge in [-0.2, -0.15) is 5.10 Å². The van der Waals surface area contributed by atoms with E-state index in [1.54, 1.807) is 42.5 Å². The summed E-state index contributed by atoms with van der Waals surface area (Å²) in [4.78, 5) is 13.3. The summed E-state index contributed by atoms with van der Waals surface area (Å²) in [7, 11) is -3.37. The molecule has 1 fully saturated rings. The minimum absolute atomic E-state index is 0.0432. The minimum Gasteiger partial charge on any atom is -0.284 e. The number of hydrogen-bond donors (Lipinski definition) is 1. The molecule has 0 saturated heterocycles. The maximum Gasteiger partial charge on any atom is 0.246 e. The Hall–Kier alpha value is -2.74. The highest BCUT2D eigenvalue weighted by Gasteiger charge is 2.37. The van der Waals surface area contributed by atoms with Crippen molar-refractivity contribution in [1.82, 2.24) is 5.01 Å². The van der Waals surface area contributed by atoms with Gasteiger partial charge in [-0.1, -0.05) is 49.6 Å². The van der Waals surface area contributed by atoms with E-state index >= 15 is 0 Å². The summed E-state index contributed by atoms with van der Waals surface area (Å²) >= 11 is 0. The molecule has 1 saturated carbocycles. The number of nitrogens with zero attached hydrogens (tertiary/aromatic N) is 2. The number of hydrogen-bond acceptors (Lipinski definition) is 4. The summed E-state index contributed by atoms with van der Waals surface area (Å²) in [6.45, 7) is 0. The first-order valence-electron chi connectivity index (χ1n) is 10.5. The third kappa shape index (κ3) is 4.95. The summed E-state index contributed by atoms with van der Waals surface area (Å²) in [5.74, 6) is -0.469. The zero-order chi connectivity index (χ0) is 22.0. The van der Waals surface area contributed by atoms with Crippen LogP contribution in [0.5, 0.6) is 0 Å². The molecule has 4 rings (SSSR count). The second kappa shape index (κ2) is 8.78. The predicted octanol–water partition coefficient (Wildman–Crippen LogP) is 4.46. The van der Waals surface area contributed by atoms with Crippen LogP contribution in [0.15, 0.2) is 53.6 Å². The van der Waals surface area contributed by atoms with Crippen molar-refractivity contribution in [1.29, 1.82) is 0 Å². The summed E-state index contributed by atoms with van der Waals surface area (Å²) in [5.41, 5.74) is 2.37. The molecule has 164 valence electrons. The van der Waals surface area contributed by atoms with Gasteiger partial charge in [-0.05, 0) is 36.6 Å². The Balaban J connectivity index is 1.64. The summed E-state index contributed by atoms with van der Waals surface area (Å²) < 4.78 is 39.9. The standard InChI is InChI=1S/C23H26FN3O3S/c1-31(29,30)26-18-13-11-16(12-14-18)21-15-22(19-9-5-6-10-20(19)24)27(25-21)23(28)17-7-3-2-4-8-17/h5-6,9-14,17,22,26H,2-4,7-8,15H2,1H3. The number of nitrogens with one attached hydrogen (secondary N) is 1. The van der Waals surface area contributed by atoms with Gasteiger partial charge in [-0.3, -0.25) is 9.52 Å². The summed E-state index contributed by atoms with van der Waals surface area (Å²) in [6, 6.07) is 12.9. The van der Waals surface area contributed by atoms with Crippen molar-refractivity contribution in [3.05, 3.63) is 65.5 Å². The molecule has 31 heavy (non-hydrogen) atoms. The molecular weight excluding hydrogens is 417 g/mol. The molecule has 1 unspecified atom stereocenters. The zero-order valence-corrected chi connectivity index (χ0v) is 18.2. The largest absolute Gasteiger partial charge is 0.284 e. The maximum absolute atomic E-state index is 14.6. The fourth-order valence-corrected chi connectivity index (χ4v) is 4.92. The van der Waals surface area contributed by atoms with Crippen LogP contribution >= 0.6 is 0 Å². The Morgan fingerprint density at radius 1 is 1.06 bits per heavy atom. The summed E-state index contributed by atoms with van der Waals surface area (Å²) in [6.07, 6.45) is 6.38. The third-order valence-corrected chi connectivity index (χ3v) is 6.48. The van der Waals surface area contributed by atoms with E-state index in [0.29, 0.717) is 23.4 Å². The van der Waals surface area contributed by atoms with Crippen molar-refractivity contribution < 1.29 is 17.6 Å². The lowest BCUT2D eigenvalue weighted by atomic mass is 9.88. The van der Waals surface area contributed by atoms with Crippen LogP contribution in [0, 0.1) is 11.7 Å². The molecule has 1 N–H and O–H groups in total. The van der Waals surface area contributed by atoms with Gasteiger partial charge in [0.15, 0.2) is 0 Å². The average Bonchev–Trinajstić information content (AvgIpc) is 3.19. The van der Waals surface area contributed by atoms with Crippen molar-refractivity contribution in [3.63, 3.8) is 0 Å². The molecule has 2 aromatic carbocycles. The van der Waals surface area contributed by atoms with Gasteiger partial charge in [-0.15, -0.1) is 0 Å². The van der Waals surface area contributed by atoms with Gasteiger partial charge in [-0.25, -0.2) is 17.8 Å². The fraction of sp³-hybridized carbons (Fsp3) is 0.391. The number of amides is 1. The van der Waals surface area contributed by atoms with Crippen molar-refractivity contribution >= 4 is 27.3 Å². The van der Waals surface area contributed by atoms with E-state index in [9.17, 15) is 17.6 Å². The van der Waals surface area contributed by atoms with Gasteiger partial charge in [0, 0.05) is 23.6 Å². The molecule has 0 radical (unpaired) electrons. The van der Waals surface area contributed by atoms with Gasteiger partial charge < -0.3 is 0 Å². The Morgan fingerprint density at radius 3 is 2.39 bits per heavy atom. The van der Waals surface area contributed by atoms with Crippen LogP contribution < -0.4 is 4.72 Å². The topological polar surface area (TPSA) is 78.8 Å². The minimum atomic E-state index is -3.37. The van der Waals surface area contributed by atoms with Gasteiger partial charge in [0.05, 0.1) is 18.0 Å². The highest BCUT2D eigenvalue weighted by Crippen LogP contribution is 2.37. The van der Waals surface area contributed by atoms with Crippen molar-refractivity contribution in [2.45, 2.75) is 44.6 Å². The highest BCUT2D eigenvalue weighted by molar-refractivity contribution is 7.92. The fourth-order valence-electron chi connectivity index (χ4n) is 4.36. The molecule has 1 heterocycles. The molecule has 2 aromatic rings. The van der Waals surface area contributed by atoms with E-state index in [2.05, 4.69) is 9.82 Å². The van der Waals surface area contributed by atoms with E-state index in [-0.39, 0.29) is 17.6 Å². The molecule has 1 aliphatic heterocycles. The Kier molecular flexibility index (Phi) is 6.09. The zero-order valence-electron chi connectivity index (χ0n) is 17.4. The second-order valence-electron chi connectivity index (χ2n) is 8.26. The number of hydrazone groups is 1. The van der Waals surface area contributed by atoms with Crippen LogP contribution in [-0.2, 0) is 14.8 Å². The molecule has 1 amide bonds. The second-order valence-corrected chi connectivity index (χ2v) is 10.0. The van der Waals surface area contributed by atoms with Crippen molar-refractivity contribution in [2.24, 2.45) is 11.0 Å². The van der Waals surface area contributed by atoms with Crippen molar-refractivity contribution in [2.75, 3.05) is 11.0 Å². The first-order chi connectivity index (χ1) is 14.8. The van der Waals surface area contributed by atoms with Crippen LogP contribution in [0.25, 0.3) is 0 Å². The normalized spacial score (nSPS) is 19.9. The van der Waals surface area contributed by atoms with E-state index in [4.69, 9.17) is 0 Å². The number of anilines is 1. The molecule has 1 atom stereocenters. The lowest BCUT2D eigenvalue weighted by molar-refractivity contribution is -0.138. The van der Waals surface area contributed by atoms with Crippen LogP contribution in [0.4, 0.5) is 10.1 Å². The Labute approximate surface area is 182 Å². The number of sulfonamides is 1. The number of carbonyl (C=O) groups excluding carboxylic acids is 1. The molecule has 6 nitrogen and oxygen atoms in total. The number of carbonyl (C=O) groups is 1. The van der Waals surface area contributed by atoms with E-state index in [0.717, 1.165) is 43.9 Å². The monoisotopic (exact) mass is 443 g/mol. The molecule has 0 spiro atoms. The van der Waals surface area contributed by atoms with Crippen LogP contribution in [0.2, 0.25) is 0 Å². The van der Waals surface area contributed by atoms with Crippen LogP contribution in [0.3, 0.4) is 0 Å². The van der Waals surface area contributed by atoms with Gasteiger partial charge in [0.1, 0.15) is 5.82 Å². The number of rotatable bonds is 5. The third-order valence-electron chi connectivity index (χ3n) is 5.88. The molecule has 0 bridgehead atoms. The van der Waals surface area contributed by atoms with E-state index < -0.39 is 16.1 Å². The molecular formula is C23H26FN3O3S. The maximum atomic E-state index is 14.6. The summed E-state index contributed by atoms with van der Waals surface area (Å²) in [5, 5.41) is 6.11. The van der Waals surface area contributed by atoms with Crippen molar-refractivity contribution in [3.8, 4) is 0 Å². The quantitative estimate of drug-likeness (QED) is 0.741. The Morgan fingerprint density at radius 2 is 1.74 bits per heavy atom. The van der Waals surface area contributed by atoms with Crippen LogP contribution in [0.1, 0.15) is 55.7 Å². The van der Waals surface area contributed by atoms with Gasteiger partial charge >= 0.3 is 0 Å². The average molecular weight is 444 g/mol. The van der Waals surface area contributed by atoms with Crippen LogP contribution in [-0.4, -0.2) is 31.3 Å². The van der Waals surface area contributed by atoms with E-state index in [1.165, 1.54) is 11.1 Å². The van der Waals surface area contributed by atoms with Gasteiger partial charge in [0.25, 0.3) is 0 Å². The molecule has 1 aliphatic carbocycles. The smallest absolute Gasteiger partial charge is 0.246 e. The predicted molar refractivity (Wildman–Crippen MR) is 119 cm³/mol. The highest BCUT2D eigenvalue weighted by atomic mass is 32.2. The molecule has 0 aromatic heterocycles. The Bertz CT molecular complexity index is 1090. The molecule has 8 heteroatoms.